The molecule has 1 saturated heterocycles. The van der Waals surface area contributed by atoms with Gasteiger partial charge in [0.05, 0.1) is 0 Å². The number of allylic oxidation sites excluding steroid dienone is 1. The third-order valence-electron chi connectivity index (χ3n) is 3.19. The molecular formula is C12H19N. The minimum Gasteiger partial charge on any atom is -0.293 e. The Balaban J connectivity index is 2.15. The maximum absolute atomic E-state index is 2.61. The van der Waals surface area contributed by atoms with Crippen molar-refractivity contribution in [1.29, 1.82) is 0 Å². The van der Waals surface area contributed by atoms with Gasteiger partial charge in [-0.1, -0.05) is 30.7 Å². The summed E-state index contributed by atoms with van der Waals surface area (Å²) in [7, 11) is 0. The van der Waals surface area contributed by atoms with Crippen LogP contribution in [0.2, 0.25) is 0 Å². The van der Waals surface area contributed by atoms with Crippen molar-refractivity contribution in [2.75, 3.05) is 13.1 Å². The number of nitrogens with zero attached hydrogens (tertiary/aromatic N) is 1. The molecule has 0 N–H and O–H groups in total. The molecule has 0 radical (unpaired) electrons. The van der Waals surface area contributed by atoms with Crippen molar-refractivity contribution in [1.82, 2.24) is 4.90 Å². The van der Waals surface area contributed by atoms with Crippen molar-refractivity contribution >= 4 is 0 Å². The molecule has 2 unspecified atom stereocenters. The zero-order valence-electron chi connectivity index (χ0n) is 8.66. The van der Waals surface area contributed by atoms with Crippen LogP contribution in [0, 0.1) is 5.92 Å². The van der Waals surface area contributed by atoms with Gasteiger partial charge in [0.15, 0.2) is 0 Å². The fourth-order valence-electron chi connectivity index (χ4n) is 2.58. The number of hydrogen-bond acceptors (Lipinski definition) is 1. The van der Waals surface area contributed by atoms with E-state index in [1.807, 2.05) is 0 Å². The van der Waals surface area contributed by atoms with E-state index in [0.29, 0.717) is 6.04 Å². The average molecular weight is 177 g/mol. The van der Waals surface area contributed by atoms with E-state index in [1.165, 1.54) is 25.9 Å². The van der Waals surface area contributed by atoms with E-state index in [2.05, 4.69) is 37.0 Å². The van der Waals surface area contributed by atoms with Crippen molar-refractivity contribution < 1.29 is 0 Å². The number of hydrogen-bond donors (Lipinski definition) is 0. The van der Waals surface area contributed by atoms with E-state index in [9.17, 15) is 0 Å². The van der Waals surface area contributed by atoms with Crippen LogP contribution in [0.1, 0.15) is 26.7 Å². The first-order chi connectivity index (χ1) is 6.35. The molecule has 1 nitrogen and oxygen atoms in total. The summed E-state index contributed by atoms with van der Waals surface area (Å²) in [4.78, 5) is 2.61. The van der Waals surface area contributed by atoms with Gasteiger partial charge in [-0.15, -0.1) is 0 Å². The van der Waals surface area contributed by atoms with E-state index < -0.39 is 0 Å². The van der Waals surface area contributed by atoms with Crippen LogP contribution in [0.15, 0.2) is 23.8 Å². The normalized spacial score (nSPS) is 36.0. The molecule has 0 aromatic heterocycles. The molecule has 3 aliphatic rings. The van der Waals surface area contributed by atoms with Gasteiger partial charge in [-0.25, -0.2) is 0 Å². The molecule has 2 heterocycles. The highest BCUT2D eigenvalue weighted by Gasteiger charge is 2.31. The molecule has 0 aromatic rings. The minimum absolute atomic E-state index is 0.634. The van der Waals surface area contributed by atoms with Crippen LogP contribution in [0.5, 0.6) is 0 Å². The van der Waals surface area contributed by atoms with Crippen molar-refractivity contribution in [3.8, 4) is 0 Å². The molecule has 72 valence electrons. The molecule has 0 spiro atoms. The van der Waals surface area contributed by atoms with Crippen LogP contribution in [0.25, 0.3) is 0 Å². The Bertz CT molecular complexity index is 240. The van der Waals surface area contributed by atoms with Gasteiger partial charge in [-0.3, -0.25) is 4.90 Å². The number of piperidine rings is 1. The van der Waals surface area contributed by atoms with Gasteiger partial charge in [-0.2, -0.15) is 0 Å². The maximum Gasteiger partial charge on any atom is 0.0491 e. The number of rotatable bonds is 2. The highest BCUT2D eigenvalue weighted by atomic mass is 15.2. The summed E-state index contributed by atoms with van der Waals surface area (Å²) in [6.45, 7) is 6.98. The van der Waals surface area contributed by atoms with Gasteiger partial charge in [0.1, 0.15) is 0 Å². The Kier molecular flexibility index (Phi) is 2.54. The van der Waals surface area contributed by atoms with Crippen molar-refractivity contribution in [2.45, 2.75) is 32.7 Å². The Hall–Kier alpha value is -0.560. The highest BCUT2D eigenvalue weighted by molar-refractivity contribution is 5.28. The lowest BCUT2D eigenvalue weighted by atomic mass is 9.82. The summed E-state index contributed by atoms with van der Waals surface area (Å²) in [5.41, 5.74) is 1.63. The molecule has 2 bridgehead atoms. The van der Waals surface area contributed by atoms with E-state index >= 15 is 0 Å². The van der Waals surface area contributed by atoms with E-state index in [-0.39, 0.29) is 0 Å². The predicted molar refractivity (Wildman–Crippen MR) is 56.7 cm³/mol. The molecule has 0 amide bonds. The minimum atomic E-state index is 0.634. The van der Waals surface area contributed by atoms with Gasteiger partial charge in [0.25, 0.3) is 0 Å². The number of fused-ring (bicyclic) bond motifs is 2. The second-order valence-corrected chi connectivity index (χ2v) is 4.15. The largest absolute Gasteiger partial charge is 0.293 e. The van der Waals surface area contributed by atoms with Crippen molar-refractivity contribution in [3.63, 3.8) is 0 Å². The topological polar surface area (TPSA) is 3.24 Å². The van der Waals surface area contributed by atoms with Crippen molar-refractivity contribution in [2.24, 2.45) is 5.92 Å². The molecule has 0 saturated carbocycles. The van der Waals surface area contributed by atoms with Gasteiger partial charge >= 0.3 is 0 Å². The molecule has 2 aliphatic heterocycles. The first kappa shape index (κ1) is 9.01. The van der Waals surface area contributed by atoms with E-state index in [4.69, 9.17) is 0 Å². The van der Waals surface area contributed by atoms with Crippen molar-refractivity contribution in [3.05, 3.63) is 23.8 Å². The summed E-state index contributed by atoms with van der Waals surface area (Å²) in [5, 5.41) is 0. The smallest absolute Gasteiger partial charge is 0.0491 e. The summed E-state index contributed by atoms with van der Waals surface area (Å²) < 4.78 is 0. The van der Waals surface area contributed by atoms with Crippen LogP contribution < -0.4 is 0 Å². The molecule has 13 heavy (non-hydrogen) atoms. The second-order valence-electron chi connectivity index (χ2n) is 4.15. The van der Waals surface area contributed by atoms with Crippen LogP contribution in [-0.2, 0) is 0 Å². The summed E-state index contributed by atoms with van der Waals surface area (Å²) in [6.07, 6.45) is 9.68. The summed E-state index contributed by atoms with van der Waals surface area (Å²) in [5.74, 6) is 0.794. The molecule has 2 atom stereocenters. The molecule has 1 aliphatic carbocycles. The fraction of sp³-hybridized carbons (Fsp3) is 0.667. The lowest BCUT2D eigenvalue weighted by Crippen LogP contribution is -2.46. The van der Waals surface area contributed by atoms with Gasteiger partial charge in [0, 0.05) is 12.6 Å². The Morgan fingerprint density at radius 1 is 1.54 bits per heavy atom. The molecular weight excluding hydrogens is 158 g/mol. The monoisotopic (exact) mass is 177 g/mol. The SMILES string of the molecule is C/C=C1\CC2C=CC1N(CCC)C2. The Morgan fingerprint density at radius 3 is 3.00 bits per heavy atom. The summed E-state index contributed by atoms with van der Waals surface area (Å²) in [6, 6.07) is 0.634. The van der Waals surface area contributed by atoms with Gasteiger partial charge < -0.3 is 0 Å². The quantitative estimate of drug-likeness (QED) is 0.586. The summed E-state index contributed by atoms with van der Waals surface area (Å²) >= 11 is 0. The van der Waals surface area contributed by atoms with E-state index in [0.717, 1.165) is 5.92 Å². The predicted octanol–water partition coefficient (Wildman–Crippen LogP) is 2.60. The first-order valence-corrected chi connectivity index (χ1v) is 5.42. The Labute approximate surface area is 81.1 Å². The Morgan fingerprint density at radius 2 is 2.38 bits per heavy atom. The third kappa shape index (κ3) is 1.58. The van der Waals surface area contributed by atoms with Crippen LogP contribution >= 0.6 is 0 Å². The highest BCUT2D eigenvalue weighted by Crippen LogP contribution is 2.33. The molecule has 1 fully saturated rings. The third-order valence-corrected chi connectivity index (χ3v) is 3.19. The van der Waals surface area contributed by atoms with Gasteiger partial charge in [-0.05, 0) is 32.2 Å². The van der Waals surface area contributed by atoms with Gasteiger partial charge in [0.2, 0.25) is 0 Å². The first-order valence-electron chi connectivity index (χ1n) is 5.42. The molecule has 1 heteroatoms. The second kappa shape index (κ2) is 3.67. The lowest BCUT2D eigenvalue weighted by Gasteiger charge is -2.43. The average Bonchev–Trinajstić information content (AvgIpc) is 2.19. The lowest BCUT2D eigenvalue weighted by molar-refractivity contribution is 0.179. The maximum atomic E-state index is 2.61. The van der Waals surface area contributed by atoms with Crippen LogP contribution in [-0.4, -0.2) is 24.0 Å². The zero-order chi connectivity index (χ0) is 9.26. The zero-order valence-corrected chi connectivity index (χ0v) is 8.66. The fourth-order valence-corrected chi connectivity index (χ4v) is 2.58. The standard InChI is InChI=1S/C12H19N/c1-3-7-13-9-10-5-6-12(13)11(4-2)8-10/h4-6,10,12H,3,7-9H2,1-2H3/b11-4+. The van der Waals surface area contributed by atoms with Crippen LogP contribution in [0.4, 0.5) is 0 Å². The van der Waals surface area contributed by atoms with Crippen LogP contribution in [0.3, 0.4) is 0 Å². The van der Waals surface area contributed by atoms with E-state index in [1.54, 1.807) is 5.57 Å². The molecule has 3 rings (SSSR count). The molecule has 0 aromatic carbocycles.